The first-order chi connectivity index (χ1) is 9.70. The molecule has 0 aliphatic carbocycles. The van der Waals surface area contributed by atoms with E-state index < -0.39 is 0 Å². The van der Waals surface area contributed by atoms with E-state index in [2.05, 4.69) is 25.9 Å². The molecule has 0 aliphatic rings. The molecule has 0 saturated heterocycles. The number of carbonyl (C=O) groups is 1. The van der Waals surface area contributed by atoms with Crippen LogP contribution < -0.4 is 16.6 Å². The Morgan fingerprint density at radius 1 is 1.40 bits per heavy atom. The molecule has 2 aromatic heterocycles. The van der Waals surface area contributed by atoms with Gasteiger partial charge in [0.1, 0.15) is 5.69 Å². The van der Waals surface area contributed by atoms with Gasteiger partial charge in [-0.15, -0.1) is 0 Å². The largest absolute Gasteiger partial charge is 0.351 e. The molecule has 7 heteroatoms. The summed E-state index contributed by atoms with van der Waals surface area (Å²) in [5.74, 6) is 5.05. The topological polar surface area (TPSA) is 109 Å². The van der Waals surface area contributed by atoms with Gasteiger partial charge in [-0.2, -0.15) is 5.10 Å². The molecular formula is C13H18N6O. The van der Waals surface area contributed by atoms with E-state index in [0.717, 1.165) is 18.5 Å². The van der Waals surface area contributed by atoms with Crippen molar-refractivity contribution in [2.75, 3.05) is 12.0 Å². The third-order valence-corrected chi connectivity index (χ3v) is 3.01. The van der Waals surface area contributed by atoms with Gasteiger partial charge in [0.15, 0.2) is 0 Å². The molecule has 0 spiro atoms. The second-order valence-electron chi connectivity index (χ2n) is 4.46. The summed E-state index contributed by atoms with van der Waals surface area (Å²) in [6.07, 6.45) is 5.07. The highest BCUT2D eigenvalue weighted by Gasteiger charge is 2.06. The summed E-state index contributed by atoms with van der Waals surface area (Å²) >= 11 is 0. The fraction of sp³-hybridized carbons (Fsp3) is 0.308. The van der Waals surface area contributed by atoms with E-state index in [1.54, 1.807) is 12.1 Å². The zero-order chi connectivity index (χ0) is 14.4. The molecule has 0 saturated carbocycles. The predicted molar refractivity (Wildman–Crippen MR) is 76.0 cm³/mol. The van der Waals surface area contributed by atoms with Gasteiger partial charge >= 0.3 is 0 Å². The summed E-state index contributed by atoms with van der Waals surface area (Å²) in [5.41, 5.74) is 5.75. The molecule has 5 N–H and O–H groups in total. The van der Waals surface area contributed by atoms with Crippen molar-refractivity contribution >= 4 is 11.6 Å². The minimum atomic E-state index is -0.183. The van der Waals surface area contributed by atoms with Crippen molar-refractivity contribution in [3.63, 3.8) is 0 Å². The van der Waals surface area contributed by atoms with Crippen molar-refractivity contribution in [1.82, 2.24) is 20.5 Å². The molecule has 20 heavy (non-hydrogen) atoms. The number of nitrogens with two attached hydrogens (primary N) is 1. The first kappa shape index (κ1) is 14.0. The monoisotopic (exact) mass is 274 g/mol. The van der Waals surface area contributed by atoms with Crippen LogP contribution in [0.15, 0.2) is 24.5 Å². The number of carbonyl (C=O) groups excluding carboxylic acids is 1. The van der Waals surface area contributed by atoms with E-state index in [4.69, 9.17) is 5.84 Å². The Labute approximate surface area is 117 Å². The number of amides is 1. The Hall–Kier alpha value is -2.41. The number of aryl methyl sites for hydroxylation is 2. The number of anilines is 1. The fourth-order valence-electron chi connectivity index (χ4n) is 1.81. The zero-order valence-electron chi connectivity index (χ0n) is 11.3. The highest BCUT2D eigenvalue weighted by molar-refractivity contribution is 5.92. The van der Waals surface area contributed by atoms with Crippen LogP contribution in [0.25, 0.3) is 0 Å². The molecule has 0 radical (unpaired) electrons. The van der Waals surface area contributed by atoms with Gasteiger partial charge in [0.25, 0.3) is 5.91 Å². The van der Waals surface area contributed by atoms with E-state index in [-0.39, 0.29) is 5.91 Å². The molecule has 0 atom stereocenters. The third-order valence-electron chi connectivity index (χ3n) is 3.01. The number of rotatable bonds is 6. The highest BCUT2D eigenvalue weighted by Crippen LogP contribution is 2.06. The molecule has 2 heterocycles. The van der Waals surface area contributed by atoms with Crippen LogP contribution in [0.4, 0.5) is 5.69 Å². The zero-order valence-corrected chi connectivity index (χ0v) is 11.3. The molecular weight excluding hydrogens is 256 g/mol. The van der Waals surface area contributed by atoms with Crippen LogP contribution in [0, 0.1) is 6.92 Å². The summed E-state index contributed by atoms with van der Waals surface area (Å²) in [6.45, 7) is 2.58. The Balaban J connectivity index is 1.76. The first-order valence-corrected chi connectivity index (χ1v) is 6.40. The average Bonchev–Trinajstić information content (AvgIpc) is 2.89. The van der Waals surface area contributed by atoms with Crippen LogP contribution in [0.2, 0.25) is 0 Å². The molecule has 0 fully saturated rings. The van der Waals surface area contributed by atoms with Gasteiger partial charge in [-0.05, 0) is 37.5 Å². The minimum Gasteiger partial charge on any atom is -0.351 e. The minimum absolute atomic E-state index is 0.183. The number of aromatic nitrogens is 3. The van der Waals surface area contributed by atoms with Gasteiger partial charge in [-0.1, -0.05) is 0 Å². The summed E-state index contributed by atoms with van der Waals surface area (Å²) in [6, 6.07) is 3.33. The predicted octanol–water partition coefficient (Wildman–Crippen LogP) is 0.761. The number of nitrogens with one attached hydrogen (secondary N) is 3. The number of nitrogen functional groups attached to an aromatic ring is 1. The van der Waals surface area contributed by atoms with Crippen LogP contribution in [-0.4, -0.2) is 27.6 Å². The van der Waals surface area contributed by atoms with Gasteiger partial charge in [-0.25, -0.2) is 4.98 Å². The summed E-state index contributed by atoms with van der Waals surface area (Å²) in [7, 11) is 0. The molecule has 0 unspecified atom stereocenters. The van der Waals surface area contributed by atoms with Crippen LogP contribution in [0.5, 0.6) is 0 Å². The number of hydrogen-bond donors (Lipinski definition) is 4. The van der Waals surface area contributed by atoms with Gasteiger partial charge < -0.3 is 10.7 Å². The van der Waals surface area contributed by atoms with Crippen molar-refractivity contribution < 1.29 is 4.79 Å². The SMILES string of the molecule is Cc1[nH]ncc1CCCNC(=O)c1ccc(NN)cn1. The molecule has 1 amide bonds. The van der Waals surface area contributed by atoms with E-state index in [0.29, 0.717) is 17.9 Å². The van der Waals surface area contributed by atoms with E-state index in [1.807, 2.05) is 13.1 Å². The van der Waals surface area contributed by atoms with Crippen molar-refractivity contribution in [3.05, 3.63) is 41.5 Å². The van der Waals surface area contributed by atoms with Crippen molar-refractivity contribution in [2.24, 2.45) is 5.84 Å². The van der Waals surface area contributed by atoms with Crippen LogP contribution >= 0.6 is 0 Å². The first-order valence-electron chi connectivity index (χ1n) is 6.40. The summed E-state index contributed by atoms with van der Waals surface area (Å²) in [4.78, 5) is 15.9. The van der Waals surface area contributed by atoms with E-state index in [9.17, 15) is 4.79 Å². The number of aromatic amines is 1. The molecule has 2 rings (SSSR count). The van der Waals surface area contributed by atoms with E-state index >= 15 is 0 Å². The number of H-pyrrole nitrogens is 1. The number of hydrazine groups is 1. The lowest BCUT2D eigenvalue weighted by atomic mass is 10.1. The lowest BCUT2D eigenvalue weighted by molar-refractivity contribution is 0.0948. The standard InChI is InChI=1S/C13H18N6O/c1-9-10(7-17-19-9)3-2-6-15-13(20)12-5-4-11(18-14)8-16-12/h4-5,7-8,18H,2-3,6,14H2,1H3,(H,15,20)(H,17,19). The Morgan fingerprint density at radius 3 is 2.85 bits per heavy atom. The van der Waals surface area contributed by atoms with Gasteiger partial charge in [0, 0.05) is 12.2 Å². The second kappa shape index (κ2) is 6.67. The fourth-order valence-corrected chi connectivity index (χ4v) is 1.81. The lowest BCUT2D eigenvalue weighted by Gasteiger charge is -2.05. The third kappa shape index (κ3) is 3.55. The quantitative estimate of drug-likeness (QED) is 0.353. The van der Waals surface area contributed by atoms with Crippen molar-refractivity contribution in [1.29, 1.82) is 0 Å². The molecule has 0 bridgehead atoms. The van der Waals surface area contributed by atoms with Crippen LogP contribution in [-0.2, 0) is 6.42 Å². The maximum absolute atomic E-state index is 11.8. The molecule has 7 nitrogen and oxygen atoms in total. The smallest absolute Gasteiger partial charge is 0.269 e. The maximum Gasteiger partial charge on any atom is 0.269 e. The van der Waals surface area contributed by atoms with Gasteiger partial charge in [0.2, 0.25) is 0 Å². The Kier molecular flexibility index (Phi) is 4.67. The van der Waals surface area contributed by atoms with E-state index in [1.165, 1.54) is 11.8 Å². The summed E-state index contributed by atoms with van der Waals surface area (Å²) in [5, 5.41) is 9.69. The normalized spacial score (nSPS) is 10.3. The van der Waals surface area contributed by atoms with Gasteiger partial charge in [-0.3, -0.25) is 15.7 Å². The lowest BCUT2D eigenvalue weighted by Crippen LogP contribution is -2.25. The van der Waals surface area contributed by atoms with Crippen molar-refractivity contribution in [3.8, 4) is 0 Å². The molecule has 106 valence electrons. The van der Waals surface area contributed by atoms with Crippen LogP contribution in [0.1, 0.15) is 28.2 Å². The number of hydrogen-bond acceptors (Lipinski definition) is 5. The maximum atomic E-state index is 11.8. The Bertz CT molecular complexity index is 562. The number of pyridine rings is 1. The molecule has 0 aromatic carbocycles. The van der Waals surface area contributed by atoms with Gasteiger partial charge in [0.05, 0.1) is 18.1 Å². The number of nitrogens with zero attached hydrogens (tertiary/aromatic N) is 2. The second-order valence-corrected chi connectivity index (χ2v) is 4.46. The summed E-state index contributed by atoms with van der Waals surface area (Å²) < 4.78 is 0. The highest BCUT2D eigenvalue weighted by atomic mass is 16.1. The molecule has 2 aromatic rings. The van der Waals surface area contributed by atoms with Crippen LogP contribution in [0.3, 0.4) is 0 Å². The molecule has 0 aliphatic heterocycles. The van der Waals surface area contributed by atoms with Crippen molar-refractivity contribution in [2.45, 2.75) is 19.8 Å². The average molecular weight is 274 g/mol. The Morgan fingerprint density at radius 2 is 2.25 bits per heavy atom.